The van der Waals surface area contributed by atoms with E-state index in [1.54, 1.807) is 0 Å². The van der Waals surface area contributed by atoms with Gasteiger partial charge in [0.15, 0.2) is 18.1 Å². The molecule has 0 spiro atoms. The van der Waals surface area contributed by atoms with Crippen molar-refractivity contribution in [3.05, 3.63) is 22.7 Å². The highest BCUT2D eigenvalue weighted by molar-refractivity contribution is 6.32. The molecule has 132 valence electrons. The van der Waals surface area contributed by atoms with E-state index in [4.69, 9.17) is 32.5 Å². The van der Waals surface area contributed by atoms with Crippen LogP contribution in [0.2, 0.25) is 5.02 Å². The molecule has 0 bridgehead atoms. The van der Waals surface area contributed by atoms with E-state index in [1.807, 2.05) is 0 Å². The zero-order valence-electron chi connectivity index (χ0n) is 13.5. The van der Waals surface area contributed by atoms with Gasteiger partial charge in [0, 0.05) is 17.6 Å². The Labute approximate surface area is 145 Å². The highest BCUT2D eigenvalue weighted by Crippen LogP contribution is 2.36. The minimum atomic E-state index is -0.634. The van der Waals surface area contributed by atoms with Crippen molar-refractivity contribution in [2.75, 3.05) is 13.7 Å². The van der Waals surface area contributed by atoms with Crippen molar-refractivity contribution < 1.29 is 19.1 Å². The van der Waals surface area contributed by atoms with Crippen LogP contribution in [0.15, 0.2) is 12.1 Å². The molecule has 0 saturated heterocycles. The summed E-state index contributed by atoms with van der Waals surface area (Å²) in [5, 5.41) is 3.15. The van der Waals surface area contributed by atoms with Crippen LogP contribution >= 0.6 is 11.6 Å². The maximum absolute atomic E-state index is 12.4. The minimum Gasteiger partial charge on any atom is -0.493 e. The Morgan fingerprint density at radius 1 is 1.29 bits per heavy atom. The SMILES string of the molecule is COc1cc(C(=O)NC2CCC(N)CC2)cc(Cl)c1OCC(N)=O. The quantitative estimate of drug-likeness (QED) is 0.709. The first-order chi connectivity index (χ1) is 11.4. The number of methoxy groups -OCH3 is 1. The molecule has 1 saturated carbocycles. The smallest absolute Gasteiger partial charge is 0.255 e. The van der Waals surface area contributed by atoms with E-state index in [0.29, 0.717) is 5.56 Å². The second-order valence-electron chi connectivity index (χ2n) is 5.83. The summed E-state index contributed by atoms with van der Waals surface area (Å²) < 4.78 is 10.4. The van der Waals surface area contributed by atoms with Gasteiger partial charge in [0.2, 0.25) is 0 Å². The standard InChI is InChI=1S/C16H22ClN3O4/c1-23-13-7-9(6-12(17)15(13)24-8-14(19)21)16(22)20-11-4-2-10(18)3-5-11/h6-7,10-11H,2-5,8,18H2,1H3,(H2,19,21)(H,20,22). The molecule has 1 aliphatic carbocycles. The lowest BCUT2D eigenvalue weighted by molar-refractivity contribution is -0.119. The van der Waals surface area contributed by atoms with Crippen molar-refractivity contribution in [2.45, 2.75) is 37.8 Å². The average Bonchev–Trinajstić information content (AvgIpc) is 2.54. The van der Waals surface area contributed by atoms with Crippen LogP contribution in [0, 0.1) is 0 Å². The van der Waals surface area contributed by atoms with Crippen molar-refractivity contribution in [1.82, 2.24) is 5.32 Å². The summed E-state index contributed by atoms with van der Waals surface area (Å²) in [4.78, 5) is 23.3. The van der Waals surface area contributed by atoms with Crippen LogP contribution in [0.1, 0.15) is 36.0 Å². The van der Waals surface area contributed by atoms with Gasteiger partial charge in [0.25, 0.3) is 11.8 Å². The van der Waals surface area contributed by atoms with Gasteiger partial charge < -0.3 is 26.3 Å². The van der Waals surface area contributed by atoms with Gasteiger partial charge in [-0.1, -0.05) is 11.6 Å². The summed E-state index contributed by atoms with van der Waals surface area (Å²) in [5.74, 6) is -0.430. The van der Waals surface area contributed by atoms with Gasteiger partial charge in [-0.15, -0.1) is 0 Å². The molecule has 0 aliphatic heterocycles. The van der Waals surface area contributed by atoms with Gasteiger partial charge in [-0.2, -0.15) is 0 Å². The molecule has 2 amide bonds. The third-order valence-corrected chi connectivity index (χ3v) is 4.24. The summed E-state index contributed by atoms with van der Waals surface area (Å²) in [7, 11) is 1.42. The zero-order valence-corrected chi connectivity index (χ0v) is 14.3. The largest absolute Gasteiger partial charge is 0.493 e. The number of benzene rings is 1. The van der Waals surface area contributed by atoms with Crippen molar-refractivity contribution >= 4 is 23.4 Å². The molecule has 24 heavy (non-hydrogen) atoms. The molecule has 0 aromatic heterocycles. The van der Waals surface area contributed by atoms with Crippen molar-refractivity contribution in [1.29, 1.82) is 0 Å². The number of nitrogens with one attached hydrogen (secondary N) is 1. The molecule has 7 nitrogen and oxygen atoms in total. The van der Waals surface area contributed by atoms with Gasteiger partial charge in [0.05, 0.1) is 12.1 Å². The van der Waals surface area contributed by atoms with Crippen LogP contribution < -0.4 is 26.3 Å². The van der Waals surface area contributed by atoms with Crippen molar-refractivity contribution in [2.24, 2.45) is 11.5 Å². The van der Waals surface area contributed by atoms with E-state index in [-0.39, 0.29) is 41.1 Å². The zero-order chi connectivity index (χ0) is 17.7. The summed E-state index contributed by atoms with van der Waals surface area (Å²) in [6.07, 6.45) is 3.51. The Morgan fingerprint density at radius 2 is 1.96 bits per heavy atom. The number of amides is 2. The molecule has 0 unspecified atom stereocenters. The number of hydrogen-bond acceptors (Lipinski definition) is 5. The summed E-state index contributed by atoms with van der Waals surface area (Å²) >= 11 is 6.15. The molecular formula is C16H22ClN3O4. The van der Waals surface area contributed by atoms with E-state index in [0.717, 1.165) is 25.7 Å². The van der Waals surface area contributed by atoms with Crippen molar-refractivity contribution in [3.8, 4) is 11.5 Å². The van der Waals surface area contributed by atoms with Crippen LogP contribution in [0.4, 0.5) is 0 Å². The van der Waals surface area contributed by atoms with Gasteiger partial charge >= 0.3 is 0 Å². The summed E-state index contributed by atoms with van der Waals surface area (Å²) in [6.45, 7) is -0.329. The van der Waals surface area contributed by atoms with Gasteiger partial charge in [0.1, 0.15) is 0 Å². The predicted molar refractivity (Wildman–Crippen MR) is 90.4 cm³/mol. The van der Waals surface area contributed by atoms with E-state index < -0.39 is 5.91 Å². The van der Waals surface area contributed by atoms with Gasteiger partial charge in [-0.25, -0.2) is 0 Å². The lowest BCUT2D eigenvalue weighted by Crippen LogP contribution is -2.40. The number of ether oxygens (including phenoxy) is 2. The number of rotatable bonds is 6. The molecule has 1 aromatic carbocycles. The topological polar surface area (TPSA) is 117 Å². The third kappa shape index (κ3) is 4.75. The number of carbonyl (C=O) groups is 2. The van der Waals surface area contributed by atoms with Crippen LogP contribution in [-0.2, 0) is 4.79 Å². The second-order valence-corrected chi connectivity index (χ2v) is 6.24. The monoisotopic (exact) mass is 355 g/mol. The predicted octanol–water partition coefficient (Wildman–Crippen LogP) is 1.21. The Morgan fingerprint density at radius 3 is 2.54 bits per heavy atom. The van der Waals surface area contributed by atoms with Gasteiger partial charge in [-0.3, -0.25) is 9.59 Å². The summed E-state index contributed by atoms with van der Waals surface area (Å²) in [6, 6.07) is 3.32. The number of carbonyl (C=O) groups excluding carboxylic acids is 2. The van der Waals surface area contributed by atoms with E-state index in [9.17, 15) is 9.59 Å². The van der Waals surface area contributed by atoms with Crippen LogP contribution in [0.5, 0.6) is 11.5 Å². The molecule has 0 atom stereocenters. The fraction of sp³-hybridized carbons (Fsp3) is 0.500. The van der Waals surface area contributed by atoms with Gasteiger partial charge in [-0.05, 0) is 37.8 Å². The molecule has 1 aromatic rings. The maximum Gasteiger partial charge on any atom is 0.255 e. The minimum absolute atomic E-state index is 0.104. The number of hydrogen-bond donors (Lipinski definition) is 3. The molecule has 1 fully saturated rings. The van der Waals surface area contributed by atoms with Crippen LogP contribution in [0.25, 0.3) is 0 Å². The highest BCUT2D eigenvalue weighted by atomic mass is 35.5. The molecule has 0 radical (unpaired) electrons. The molecule has 1 aliphatic rings. The number of halogens is 1. The lowest BCUT2D eigenvalue weighted by atomic mass is 9.91. The Balaban J connectivity index is 2.11. The molecule has 2 rings (SSSR count). The average molecular weight is 356 g/mol. The molecule has 5 N–H and O–H groups in total. The van der Waals surface area contributed by atoms with E-state index in [1.165, 1.54) is 19.2 Å². The maximum atomic E-state index is 12.4. The van der Waals surface area contributed by atoms with Crippen LogP contribution in [-0.4, -0.2) is 37.6 Å². The van der Waals surface area contributed by atoms with Crippen molar-refractivity contribution in [3.63, 3.8) is 0 Å². The Bertz CT molecular complexity index is 616. The number of primary amides is 1. The fourth-order valence-electron chi connectivity index (χ4n) is 2.67. The fourth-order valence-corrected chi connectivity index (χ4v) is 2.93. The number of nitrogens with two attached hydrogens (primary N) is 2. The molecule has 0 heterocycles. The van der Waals surface area contributed by atoms with Crippen LogP contribution in [0.3, 0.4) is 0 Å². The molecule has 8 heteroatoms. The third-order valence-electron chi connectivity index (χ3n) is 3.96. The molecular weight excluding hydrogens is 334 g/mol. The first kappa shape index (κ1) is 18.4. The lowest BCUT2D eigenvalue weighted by Gasteiger charge is -2.27. The Kier molecular flexibility index (Phi) is 6.28. The van der Waals surface area contributed by atoms with E-state index >= 15 is 0 Å². The normalized spacial score (nSPS) is 20.3. The highest BCUT2D eigenvalue weighted by Gasteiger charge is 2.22. The first-order valence-corrected chi connectivity index (χ1v) is 8.13. The second kappa shape index (κ2) is 8.21. The first-order valence-electron chi connectivity index (χ1n) is 7.75. The van der Waals surface area contributed by atoms with E-state index in [2.05, 4.69) is 5.32 Å². The summed E-state index contributed by atoms with van der Waals surface area (Å²) in [5.41, 5.74) is 11.3. The Hall–Kier alpha value is -1.99.